The van der Waals surface area contributed by atoms with Crippen LogP contribution in [0.1, 0.15) is 12.8 Å². The van der Waals surface area contributed by atoms with Gasteiger partial charge >= 0.3 is 0 Å². The normalized spacial score (nSPS) is 17.3. The Morgan fingerprint density at radius 2 is 1.72 bits per heavy atom. The van der Waals surface area contributed by atoms with Crippen LogP contribution in [0.15, 0.2) is 64.4 Å². The van der Waals surface area contributed by atoms with Crippen molar-refractivity contribution in [2.75, 3.05) is 12.3 Å². The molecule has 5 rings (SSSR count). The van der Waals surface area contributed by atoms with Crippen molar-refractivity contribution >= 4 is 37.9 Å². The first-order chi connectivity index (χ1) is 14.1. The van der Waals surface area contributed by atoms with E-state index in [1.54, 1.807) is 34.9 Å². The summed E-state index contributed by atoms with van der Waals surface area (Å²) in [6.45, 7) is 1.15. The van der Waals surface area contributed by atoms with E-state index in [0.29, 0.717) is 35.3 Å². The highest BCUT2D eigenvalue weighted by Crippen LogP contribution is 2.35. The first kappa shape index (κ1) is 18.1. The van der Waals surface area contributed by atoms with E-state index in [2.05, 4.69) is 4.98 Å². The van der Waals surface area contributed by atoms with Crippen molar-refractivity contribution < 1.29 is 13.2 Å². The molecule has 0 bridgehead atoms. The molecule has 2 aromatic carbocycles. The van der Waals surface area contributed by atoms with Crippen LogP contribution in [0.2, 0.25) is 0 Å². The summed E-state index contributed by atoms with van der Waals surface area (Å²) in [6, 6.07) is 15.7. The van der Waals surface area contributed by atoms with E-state index in [0.717, 1.165) is 12.8 Å². The zero-order chi connectivity index (χ0) is 20.0. The van der Waals surface area contributed by atoms with Gasteiger partial charge in [-0.3, -0.25) is 0 Å². The summed E-state index contributed by atoms with van der Waals surface area (Å²) in [5.41, 5.74) is 8.50. The molecule has 4 aromatic rings. The lowest BCUT2D eigenvalue weighted by Crippen LogP contribution is -2.17. The van der Waals surface area contributed by atoms with Gasteiger partial charge in [0.2, 0.25) is 9.84 Å². The van der Waals surface area contributed by atoms with Gasteiger partial charge in [-0.2, -0.15) is 0 Å². The number of nitrogens with two attached hydrogens (primary N) is 1. The summed E-state index contributed by atoms with van der Waals surface area (Å²) in [4.78, 5) is 9.54. The first-order valence-corrected chi connectivity index (χ1v) is 11.0. The Balaban J connectivity index is 1.80. The average Bonchev–Trinajstić information content (AvgIpc) is 3.34. The van der Waals surface area contributed by atoms with Crippen molar-refractivity contribution in [3.05, 3.63) is 54.6 Å². The predicted octanol–water partition coefficient (Wildman–Crippen LogP) is 3.18. The molecule has 8 heteroatoms. The number of ether oxygens (including phenoxy) is 1. The van der Waals surface area contributed by atoms with E-state index < -0.39 is 9.84 Å². The lowest BCUT2D eigenvalue weighted by Gasteiger charge is -2.13. The molecule has 2 N–H and O–H groups in total. The zero-order valence-corrected chi connectivity index (χ0v) is 16.5. The maximum Gasteiger partial charge on any atom is 0.212 e. The van der Waals surface area contributed by atoms with Gasteiger partial charge in [0.05, 0.1) is 28.6 Å². The first-order valence-electron chi connectivity index (χ1n) is 9.52. The minimum atomic E-state index is -3.87. The number of nitrogens with zero attached hydrogens (tertiary/aromatic N) is 3. The number of anilines is 1. The van der Waals surface area contributed by atoms with Crippen molar-refractivity contribution in [3.63, 3.8) is 0 Å². The lowest BCUT2D eigenvalue weighted by molar-refractivity contribution is 0.0983. The predicted molar refractivity (Wildman–Crippen MR) is 110 cm³/mol. The van der Waals surface area contributed by atoms with Gasteiger partial charge in [0, 0.05) is 6.61 Å². The van der Waals surface area contributed by atoms with Crippen molar-refractivity contribution in [2.45, 2.75) is 35.3 Å². The third-order valence-electron chi connectivity index (χ3n) is 5.28. The van der Waals surface area contributed by atoms with Crippen LogP contribution in [0, 0.1) is 0 Å². The van der Waals surface area contributed by atoms with E-state index >= 15 is 0 Å². The van der Waals surface area contributed by atoms with Gasteiger partial charge < -0.3 is 15.0 Å². The van der Waals surface area contributed by atoms with E-state index in [1.807, 2.05) is 24.3 Å². The molecule has 0 spiro atoms. The van der Waals surface area contributed by atoms with Crippen LogP contribution in [-0.4, -0.2) is 35.7 Å². The third-order valence-corrected chi connectivity index (χ3v) is 7.11. The number of hydrogen-bond acceptors (Lipinski definition) is 6. The highest BCUT2D eigenvalue weighted by Gasteiger charge is 2.31. The number of para-hydroxylation sites is 2. The van der Waals surface area contributed by atoms with E-state index in [1.165, 1.54) is 0 Å². The highest BCUT2D eigenvalue weighted by molar-refractivity contribution is 7.92. The SMILES string of the molecule is Nc1c(S(=O)(=O)c2ccccc2)c2nc3ccccc3nc2n1C[C@@H]1CCCO1. The second kappa shape index (κ2) is 6.82. The van der Waals surface area contributed by atoms with Crippen LogP contribution in [0.4, 0.5) is 5.82 Å². The fraction of sp³-hybridized carbons (Fsp3) is 0.238. The number of fused-ring (bicyclic) bond motifs is 2. The molecule has 0 radical (unpaired) electrons. The van der Waals surface area contributed by atoms with Crippen LogP contribution in [0.3, 0.4) is 0 Å². The maximum atomic E-state index is 13.5. The number of sulfone groups is 1. The molecular formula is C21H20N4O3S. The fourth-order valence-corrected chi connectivity index (χ4v) is 5.38. The zero-order valence-electron chi connectivity index (χ0n) is 15.7. The van der Waals surface area contributed by atoms with Gasteiger partial charge in [-0.1, -0.05) is 30.3 Å². The van der Waals surface area contributed by atoms with Crippen LogP contribution in [0.5, 0.6) is 0 Å². The monoisotopic (exact) mass is 408 g/mol. The Hall–Kier alpha value is -2.97. The van der Waals surface area contributed by atoms with Gasteiger partial charge in [-0.15, -0.1) is 0 Å². The van der Waals surface area contributed by atoms with Gasteiger partial charge in [0.15, 0.2) is 5.65 Å². The molecular weight excluding hydrogens is 388 g/mol. The minimum Gasteiger partial charge on any atom is -0.384 e. The molecule has 148 valence electrons. The van der Waals surface area contributed by atoms with Crippen molar-refractivity contribution in [2.24, 2.45) is 0 Å². The second-order valence-corrected chi connectivity index (χ2v) is 9.05. The molecule has 1 fully saturated rings. The quantitative estimate of drug-likeness (QED) is 0.557. The topological polar surface area (TPSA) is 100 Å². The smallest absolute Gasteiger partial charge is 0.212 e. The molecule has 1 atom stereocenters. The molecule has 3 heterocycles. The molecule has 0 saturated carbocycles. The van der Waals surface area contributed by atoms with E-state index in [4.69, 9.17) is 15.5 Å². The molecule has 1 aliphatic heterocycles. The molecule has 1 aliphatic rings. The van der Waals surface area contributed by atoms with Crippen molar-refractivity contribution in [1.29, 1.82) is 0 Å². The average molecular weight is 408 g/mol. The Labute approximate surface area is 168 Å². The van der Waals surface area contributed by atoms with Crippen LogP contribution >= 0.6 is 0 Å². The lowest BCUT2D eigenvalue weighted by atomic mass is 10.2. The molecule has 2 aromatic heterocycles. The van der Waals surface area contributed by atoms with Gasteiger partial charge in [-0.25, -0.2) is 18.4 Å². The third kappa shape index (κ3) is 2.95. The molecule has 0 unspecified atom stereocenters. The highest BCUT2D eigenvalue weighted by atomic mass is 32.2. The minimum absolute atomic E-state index is 0.00921. The van der Waals surface area contributed by atoms with Crippen molar-refractivity contribution in [3.8, 4) is 0 Å². The molecule has 0 aliphatic carbocycles. The number of rotatable bonds is 4. The fourth-order valence-electron chi connectivity index (χ4n) is 3.85. The summed E-state index contributed by atoms with van der Waals surface area (Å²) >= 11 is 0. The summed E-state index contributed by atoms with van der Waals surface area (Å²) in [5, 5.41) is 0. The number of aromatic nitrogens is 3. The Morgan fingerprint density at radius 3 is 2.41 bits per heavy atom. The summed E-state index contributed by atoms with van der Waals surface area (Å²) in [5.74, 6) is 0.148. The summed E-state index contributed by atoms with van der Waals surface area (Å²) in [7, 11) is -3.87. The number of benzene rings is 2. The summed E-state index contributed by atoms with van der Waals surface area (Å²) in [6.07, 6.45) is 1.86. The molecule has 29 heavy (non-hydrogen) atoms. The second-order valence-electron chi connectivity index (χ2n) is 7.16. The van der Waals surface area contributed by atoms with Gasteiger partial charge in [0.1, 0.15) is 16.2 Å². The number of nitrogen functional groups attached to an aromatic ring is 1. The van der Waals surface area contributed by atoms with Crippen LogP contribution < -0.4 is 5.73 Å². The molecule has 0 amide bonds. The Bertz CT molecular complexity index is 1310. The Kier molecular flexibility index (Phi) is 4.25. The maximum absolute atomic E-state index is 13.5. The van der Waals surface area contributed by atoms with E-state index in [-0.39, 0.29) is 21.7 Å². The van der Waals surface area contributed by atoms with Gasteiger partial charge in [0.25, 0.3) is 0 Å². The largest absolute Gasteiger partial charge is 0.384 e. The molecule has 1 saturated heterocycles. The number of hydrogen-bond donors (Lipinski definition) is 1. The van der Waals surface area contributed by atoms with Gasteiger partial charge in [-0.05, 0) is 37.1 Å². The Morgan fingerprint density at radius 1 is 1.03 bits per heavy atom. The van der Waals surface area contributed by atoms with Crippen molar-refractivity contribution in [1.82, 2.24) is 14.5 Å². The molecule has 7 nitrogen and oxygen atoms in total. The summed E-state index contributed by atoms with van der Waals surface area (Å²) < 4.78 is 34.4. The standard InChI is InChI=1S/C21H20N4O3S/c22-20-19(29(26,27)15-8-2-1-3-9-15)18-21(25(20)13-14-7-6-12-28-14)24-17-11-5-4-10-16(17)23-18/h1-5,8-11,14H,6-7,12-13,22H2/t14-/m0/s1. The van der Waals surface area contributed by atoms with E-state index in [9.17, 15) is 8.42 Å². The van der Waals surface area contributed by atoms with Crippen LogP contribution in [-0.2, 0) is 21.1 Å². The van der Waals surface area contributed by atoms with Crippen LogP contribution in [0.25, 0.3) is 22.2 Å².